The average molecular weight is 283 g/mol. The highest BCUT2D eigenvalue weighted by Crippen LogP contribution is 2.34. The minimum atomic E-state index is -0.955. The number of carbonyl (C=O) groups excluding carboxylic acids is 1. The summed E-state index contributed by atoms with van der Waals surface area (Å²) in [5.41, 5.74) is 0.737. The zero-order valence-corrected chi connectivity index (χ0v) is 11.8. The van der Waals surface area contributed by atoms with Gasteiger partial charge in [0.2, 0.25) is 0 Å². The molecule has 1 saturated heterocycles. The number of carbonyl (C=O) groups is 2. The maximum absolute atomic E-state index is 12.5. The van der Waals surface area contributed by atoms with Crippen LogP contribution in [0.4, 0.5) is 0 Å². The van der Waals surface area contributed by atoms with Gasteiger partial charge in [0.05, 0.1) is 11.6 Å². The molecule has 104 valence electrons. The van der Waals surface area contributed by atoms with Crippen LogP contribution in [0.3, 0.4) is 0 Å². The van der Waals surface area contributed by atoms with E-state index in [4.69, 9.17) is 4.42 Å². The first kappa shape index (κ1) is 14.0. The monoisotopic (exact) mass is 283 g/mol. The molecule has 5 nitrogen and oxygen atoms in total. The zero-order chi connectivity index (χ0) is 14.0. The molecular weight excluding hydrogens is 266 g/mol. The van der Waals surface area contributed by atoms with E-state index in [0.29, 0.717) is 5.75 Å². The van der Waals surface area contributed by atoms with Gasteiger partial charge in [-0.15, -0.1) is 11.8 Å². The zero-order valence-electron chi connectivity index (χ0n) is 11.0. The van der Waals surface area contributed by atoms with Crippen molar-refractivity contribution in [3.05, 3.63) is 23.7 Å². The lowest BCUT2D eigenvalue weighted by Crippen LogP contribution is -2.45. The fourth-order valence-corrected chi connectivity index (χ4v) is 3.72. The van der Waals surface area contributed by atoms with Crippen molar-refractivity contribution in [2.24, 2.45) is 0 Å². The summed E-state index contributed by atoms with van der Waals surface area (Å²) in [7, 11) is 0. The Balaban J connectivity index is 2.28. The van der Waals surface area contributed by atoms with Crippen LogP contribution in [0.15, 0.2) is 16.7 Å². The van der Waals surface area contributed by atoms with Gasteiger partial charge in [-0.1, -0.05) is 13.3 Å². The Hall–Kier alpha value is -1.43. The van der Waals surface area contributed by atoms with Crippen molar-refractivity contribution in [1.29, 1.82) is 0 Å². The van der Waals surface area contributed by atoms with Crippen molar-refractivity contribution in [3.8, 4) is 0 Å². The van der Waals surface area contributed by atoms with Crippen LogP contribution in [0.5, 0.6) is 0 Å². The Morgan fingerprint density at radius 3 is 2.84 bits per heavy atom. The average Bonchev–Trinajstić information content (AvgIpc) is 2.95. The summed E-state index contributed by atoms with van der Waals surface area (Å²) < 4.78 is 5.20. The first-order chi connectivity index (χ1) is 9.06. The molecule has 0 spiro atoms. The third-order valence-corrected chi connectivity index (χ3v) is 4.56. The van der Waals surface area contributed by atoms with Gasteiger partial charge in [0.25, 0.3) is 5.91 Å². The van der Waals surface area contributed by atoms with Gasteiger partial charge in [0.15, 0.2) is 5.76 Å². The van der Waals surface area contributed by atoms with Gasteiger partial charge in [-0.2, -0.15) is 0 Å². The van der Waals surface area contributed by atoms with E-state index in [9.17, 15) is 14.7 Å². The smallest absolute Gasteiger partial charge is 0.327 e. The Bertz CT molecular complexity index is 485. The highest BCUT2D eigenvalue weighted by atomic mass is 32.2. The lowest BCUT2D eigenvalue weighted by atomic mass is 10.2. The molecule has 0 radical (unpaired) electrons. The Morgan fingerprint density at radius 2 is 2.32 bits per heavy atom. The molecule has 0 saturated carbocycles. The van der Waals surface area contributed by atoms with Crippen molar-refractivity contribution in [1.82, 2.24) is 4.90 Å². The molecule has 0 bridgehead atoms. The number of carboxylic acids is 1. The predicted molar refractivity (Wildman–Crippen MR) is 72.2 cm³/mol. The number of hydrogen-bond acceptors (Lipinski definition) is 4. The molecule has 2 atom stereocenters. The topological polar surface area (TPSA) is 70.8 Å². The van der Waals surface area contributed by atoms with Crippen LogP contribution < -0.4 is 0 Å². The first-order valence-electron chi connectivity index (χ1n) is 6.27. The van der Waals surface area contributed by atoms with E-state index < -0.39 is 12.0 Å². The molecule has 1 fully saturated rings. The molecule has 2 unspecified atom stereocenters. The molecule has 0 aromatic carbocycles. The molecule has 1 N–H and O–H groups in total. The van der Waals surface area contributed by atoms with Gasteiger partial charge in [0, 0.05) is 11.3 Å². The first-order valence-corrected chi connectivity index (χ1v) is 7.32. The van der Waals surface area contributed by atoms with Crippen molar-refractivity contribution >= 4 is 23.6 Å². The highest BCUT2D eigenvalue weighted by molar-refractivity contribution is 8.00. The maximum atomic E-state index is 12.5. The summed E-state index contributed by atoms with van der Waals surface area (Å²) in [6.07, 6.45) is 3.15. The van der Waals surface area contributed by atoms with Crippen LogP contribution in [0.2, 0.25) is 0 Å². The number of amides is 1. The molecule has 2 rings (SSSR count). The van der Waals surface area contributed by atoms with E-state index in [-0.39, 0.29) is 17.0 Å². The summed E-state index contributed by atoms with van der Waals surface area (Å²) >= 11 is 1.53. The van der Waals surface area contributed by atoms with E-state index in [1.165, 1.54) is 22.9 Å². The summed E-state index contributed by atoms with van der Waals surface area (Å²) in [5, 5.41) is 9.17. The van der Waals surface area contributed by atoms with E-state index in [1.54, 1.807) is 13.0 Å². The second-order valence-corrected chi connectivity index (χ2v) is 5.79. The molecule has 1 aliphatic rings. The van der Waals surface area contributed by atoms with Gasteiger partial charge in [-0.3, -0.25) is 4.79 Å². The van der Waals surface area contributed by atoms with E-state index >= 15 is 0 Å². The summed E-state index contributed by atoms with van der Waals surface area (Å²) in [4.78, 5) is 25.2. The number of carboxylic acid groups (broad SMARTS) is 1. The van der Waals surface area contributed by atoms with Crippen LogP contribution >= 0.6 is 11.8 Å². The van der Waals surface area contributed by atoms with Crippen molar-refractivity contribution in [2.45, 2.75) is 38.1 Å². The number of thioether (sulfide) groups is 1. The van der Waals surface area contributed by atoms with Gasteiger partial charge >= 0.3 is 5.97 Å². The summed E-state index contributed by atoms with van der Waals surface area (Å²) in [5.74, 6) is -0.595. The van der Waals surface area contributed by atoms with Crippen LogP contribution in [0.25, 0.3) is 0 Å². The quantitative estimate of drug-likeness (QED) is 0.918. The molecule has 1 aliphatic heterocycles. The van der Waals surface area contributed by atoms with Crippen molar-refractivity contribution in [3.63, 3.8) is 0 Å². The molecule has 1 aromatic rings. The van der Waals surface area contributed by atoms with Crippen LogP contribution in [-0.4, -0.2) is 39.1 Å². The Morgan fingerprint density at radius 1 is 1.58 bits per heavy atom. The van der Waals surface area contributed by atoms with E-state index in [1.807, 2.05) is 6.92 Å². The Kier molecular flexibility index (Phi) is 4.19. The van der Waals surface area contributed by atoms with Gasteiger partial charge < -0.3 is 14.4 Å². The van der Waals surface area contributed by atoms with Crippen LogP contribution in [0.1, 0.15) is 35.9 Å². The largest absolute Gasteiger partial charge is 0.480 e. The predicted octanol–water partition coefficient (Wildman–Crippen LogP) is 2.36. The number of furan rings is 1. The van der Waals surface area contributed by atoms with Gasteiger partial charge in [-0.05, 0) is 19.4 Å². The third kappa shape index (κ3) is 2.63. The fourth-order valence-electron chi connectivity index (χ4n) is 2.20. The lowest BCUT2D eigenvalue weighted by molar-refractivity contribution is -0.141. The molecule has 6 heteroatoms. The van der Waals surface area contributed by atoms with Gasteiger partial charge in [0.1, 0.15) is 6.04 Å². The third-order valence-electron chi connectivity index (χ3n) is 3.20. The lowest BCUT2D eigenvalue weighted by Gasteiger charge is -2.26. The molecule has 2 heterocycles. The summed E-state index contributed by atoms with van der Waals surface area (Å²) in [6, 6.07) is 0.944. The van der Waals surface area contributed by atoms with Crippen LogP contribution in [-0.2, 0) is 4.79 Å². The van der Waals surface area contributed by atoms with E-state index in [0.717, 1.165) is 18.4 Å². The summed E-state index contributed by atoms with van der Waals surface area (Å²) in [6.45, 7) is 3.81. The Labute approximate surface area is 116 Å². The normalized spacial score (nSPS) is 22.7. The SMILES string of the molecule is CCCC1SCC(C(=O)O)N1C(=O)c1occc1C. The number of rotatable bonds is 4. The second-order valence-electron chi connectivity index (χ2n) is 4.58. The maximum Gasteiger partial charge on any atom is 0.327 e. The number of aryl methyl sites for hydroxylation is 1. The fraction of sp³-hybridized carbons (Fsp3) is 0.538. The standard InChI is InChI=1S/C13H17NO4S/c1-3-4-10-14(9(7-19-10)13(16)17)12(15)11-8(2)5-6-18-11/h5-6,9-10H,3-4,7H2,1-2H3,(H,16,17). The minimum Gasteiger partial charge on any atom is -0.480 e. The minimum absolute atomic E-state index is 0.0805. The van der Waals surface area contributed by atoms with Crippen LogP contribution in [0, 0.1) is 6.92 Å². The van der Waals surface area contributed by atoms with Crippen molar-refractivity contribution < 1.29 is 19.1 Å². The second kappa shape index (κ2) is 5.69. The highest BCUT2D eigenvalue weighted by Gasteiger charge is 2.42. The molecule has 0 aliphatic carbocycles. The van der Waals surface area contributed by atoms with Crippen molar-refractivity contribution in [2.75, 3.05) is 5.75 Å². The molecule has 19 heavy (non-hydrogen) atoms. The van der Waals surface area contributed by atoms with Gasteiger partial charge in [-0.25, -0.2) is 4.79 Å². The molecular formula is C13H17NO4S. The number of nitrogens with zero attached hydrogens (tertiary/aromatic N) is 1. The number of hydrogen-bond donors (Lipinski definition) is 1. The molecule has 1 aromatic heterocycles. The molecule has 1 amide bonds. The number of aliphatic carboxylic acids is 1. The van der Waals surface area contributed by atoms with E-state index in [2.05, 4.69) is 0 Å².